The van der Waals surface area contributed by atoms with Gasteiger partial charge < -0.3 is 5.11 Å². The van der Waals surface area contributed by atoms with E-state index in [-0.39, 0.29) is 0 Å². The lowest BCUT2D eigenvalue weighted by Crippen LogP contribution is -2.21. The predicted octanol–water partition coefficient (Wildman–Crippen LogP) is 2.00. The summed E-state index contributed by atoms with van der Waals surface area (Å²) >= 11 is 0. The van der Waals surface area contributed by atoms with Crippen LogP contribution in [0.25, 0.3) is 0 Å². The lowest BCUT2D eigenvalue weighted by molar-refractivity contribution is 0.0627. The van der Waals surface area contributed by atoms with Crippen molar-refractivity contribution in [3.05, 3.63) is 35.4 Å². The fraction of sp³-hybridized carbons (Fsp3) is 0.400. The van der Waals surface area contributed by atoms with E-state index >= 15 is 0 Å². The zero-order chi connectivity index (χ0) is 8.55. The summed E-state index contributed by atoms with van der Waals surface area (Å²) in [6.07, 6.45) is -0.662. The van der Waals surface area contributed by atoms with Crippen LogP contribution in [0.5, 0.6) is 0 Å². The highest BCUT2D eigenvalue weighted by Crippen LogP contribution is 2.32. The molecule has 0 amide bonds. The van der Waals surface area contributed by atoms with Crippen molar-refractivity contribution in [1.82, 2.24) is 0 Å². The average molecular weight is 166 g/mol. The number of aryl methyl sites for hydroxylation is 1. The van der Waals surface area contributed by atoms with E-state index in [9.17, 15) is 9.50 Å². The Kier molecular flexibility index (Phi) is 1.85. The van der Waals surface area contributed by atoms with Crippen molar-refractivity contribution >= 4 is 0 Å². The van der Waals surface area contributed by atoms with Crippen LogP contribution in [0.15, 0.2) is 24.3 Å². The minimum Gasteiger partial charge on any atom is -0.390 e. The highest BCUT2D eigenvalue weighted by molar-refractivity contribution is 5.32. The topological polar surface area (TPSA) is 20.2 Å². The van der Waals surface area contributed by atoms with Gasteiger partial charge in [0.05, 0.1) is 6.10 Å². The molecule has 64 valence electrons. The summed E-state index contributed by atoms with van der Waals surface area (Å²) in [5.41, 5.74) is 1.70. The molecule has 0 bridgehead atoms. The second-order valence-corrected chi connectivity index (χ2v) is 3.21. The van der Waals surface area contributed by atoms with Crippen molar-refractivity contribution in [2.45, 2.75) is 25.1 Å². The smallest absolute Gasteiger partial charge is 0.151 e. The molecule has 2 heteroatoms. The lowest BCUT2D eigenvalue weighted by atomic mass is 9.88. The Morgan fingerprint density at radius 2 is 2.08 bits per heavy atom. The molecule has 1 aromatic carbocycles. The van der Waals surface area contributed by atoms with E-state index in [1.807, 2.05) is 18.2 Å². The molecule has 0 aromatic heterocycles. The Morgan fingerprint density at radius 1 is 1.33 bits per heavy atom. The fourth-order valence-electron chi connectivity index (χ4n) is 1.69. The Labute approximate surface area is 70.8 Å². The van der Waals surface area contributed by atoms with Crippen molar-refractivity contribution in [2.75, 3.05) is 0 Å². The van der Waals surface area contributed by atoms with Gasteiger partial charge in [0, 0.05) is 0 Å². The van der Waals surface area contributed by atoms with Gasteiger partial charge >= 0.3 is 0 Å². The summed E-state index contributed by atoms with van der Waals surface area (Å²) in [7, 11) is 0. The SMILES string of the molecule is O[C@H]1CCc2ccccc2[C@@H]1F. The van der Waals surface area contributed by atoms with Crippen LogP contribution in [-0.2, 0) is 6.42 Å². The number of aliphatic hydroxyl groups is 1. The molecule has 2 rings (SSSR count). The molecule has 0 unspecified atom stereocenters. The van der Waals surface area contributed by atoms with Gasteiger partial charge in [0.2, 0.25) is 0 Å². The molecule has 1 N–H and O–H groups in total. The molecule has 1 aliphatic rings. The van der Waals surface area contributed by atoms with Crippen LogP contribution in [0.1, 0.15) is 23.7 Å². The molecular weight excluding hydrogens is 155 g/mol. The summed E-state index contributed by atoms with van der Waals surface area (Å²) in [6, 6.07) is 7.39. The van der Waals surface area contributed by atoms with Crippen molar-refractivity contribution in [1.29, 1.82) is 0 Å². The van der Waals surface area contributed by atoms with E-state index in [0.29, 0.717) is 12.0 Å². The molecule has 2 atom stereocenters. The molecule has 0 spiro atoms. The summed E-state index contributed by atoms with van der Waals surface area (Å²) in [6.45, 7) is 0. The highest BCUT2D eigenvalue weighted by atomic mass is 19.1. The maximum absolute atomic E-state index is 13.3. The van der Waals surface area contributed by atoms with E-state index in [0.717, 1.165) is 12.0 Å². The van der Waals surface area contributed by atoms with E-state index in [4.69, 9.17) is 0 Å². The number of rotatable bonds is 0. The quantitative estimate of drug-likeness (QED) is 0.625. The number of halogens is 1. The minimum absolute atomic E-state index is 0.540. The standard InChI is InChI=1S/C10H11FO/c11-10-8-4-2-1-3-7(8)5-6-9(10)12/h1-4,9-10,12H,5-6H2/t9-,10-/m0/s1. The number of fused-ring (bicyclic) bond motifs is 1. The van der Waals surface area contributed by atoms with E-state index in [2.05, 4.69) is 0 Å². The third kappa shape index (κ3) is 1.12. The van der Waals surface area contributed by atoms with Crippen LogP contribution in [0.4, 0.5) is 4.39 Å². The first-order chi connectivity index (χ1) is 5.79. The van der Waals surface area contributed by atoms with Gasteiger partial charge in [-0.15, -0.1) is 0 Å². The molecule has 0 radical (unpaired) electrons. The predicted molar refractivity (Wildman–Crippen MR) is 44.6 cm³/mol. The van der Waals surface area contributed by atoms with Gasteiger partial charge in [0.1, 0.15) is 0 Å². The van der Waals surface area contributed by atoms with Crippen LogP contribution in [0.2, 0.25) is 0 Å². The number of hydrogen-bond acceptors (Lipinski definition) is 1. The van der Waals surface area contributed by atoms with Crippen molar-refractivity contribution < 1.29 is 9.50 Å². The van der Waals surface area contributed by atoms with Crippen LogP contribution in [-0.4, -0.2) is 11.2 Å². The Balaban J connectivity index is 2.42. The van der Waals surface area contributed by atoms with Crippen LogP contribution < -0.4 is 0 Å². The second kappa shape index (κ2) is 2.87. The van der Waals surface area contributed by atoms with Crippen LogP contribution >= 0.6 is 0 Å². The number of aliphatic hydroxyl groups excluding tert-OH is 1. The molecule has 0 saturated heterocycles. The van der Waals surface area contributed by atoms with E-state index in [1.165, 1.54) is 0 Å². The first-order valence-electron chi connectivity index (χ1n) is 4.19. The van der Waals surface area contributed by atoms with Gasteiger partial charge in [0.15, 0.2) is 6.17 Å². The molecule has 1 nitrogen and oxygen atoms in total. The van der Waals surface area contributed by atoms with Crippen molar-refractivity contribution in [3.8, 4) is 0 Å². The number of hydrogen-bond donors (Lipinski definition) is 1. The van der Waals surface area contributed by atoms with Crippen molar-refractivity contribution in [3.63, 3.8) is 0 Å². The van der Waals surface area contributed by atoms with Crippen molar-refractivity contribution in [2.24, 2.45) is 0 Å². The normalized spacial score (nSPS) is 28.2. The average Bonchev–Trinajstić information content (AvgIpc) is 2.12. The first kappa shape index (κ1) is 7.74. The van der Waals surface area contributed by atoms with Crippen LogP contribution in [0, 0.1) is 0 Å². The summed E-state index contributed by atoms with van der Waals surface area (Å²) < 4.78 is 13.3. The molecule has 0 fully saturated rings. The number of alkyl halides is 1. The molecular formula is C10H11FO. The molecule has 1 aliphatic carbocycles. The maximum atomic E-state index is 13.3. The van der Waals surface area contributed by atoms with E-state index in [1.54, 1.807) is 6.07 Å². The van der Waals surface area contributed by atoms with Gasteiger partial charge in [-0.05, 0) is 24.0 Å². The summed E-state index contributed by atoms with van der Waals surface area (Å²) in [5, 5.41) is 9.25. The maximum Gasteiger partial charge on any atom is 0.151 e. The lowest BCUT2D eigenvalue weighted by Gasteiger charge is -2.24. The third-order valence-electron chi connectivity index (χ3n) is 2.40. The van der Waals surface area contributed by atoms with Gasteiger partial charge in [-0.3, -0.25) is 0 Å². The molecule has 12 heavy (non-hydrogen) atoms. The van der Waals surface area contributed by atoms with Gasteiger partial charge in [-0.2, -0.15) is 0 Å². The molecule has 1 aromatic rings. The zero-order valence-corrected chi connectivity index (χ0v) is 6.70. The fourth-order valence-corrected chi connectivity index (χ4v) is 1.69. The van der Waals surface area contributed by atoms with Gasteiger partial charge in [-0.25, -0.2) is 4.39 Å². The second-order valence-electron chi connectivity index (χ2n) is 3.21. The monoisotopic (exact) mass is 166 g/mol. The van der Waals surface area contributed by atoms with Gasteiger partial charge in [0.25, 0.3) is 0 Å². The Hall–Kier alpha value is -0.890. The van der Waals surface area contributed by atoms with E-state index < -0.39 is 12.3 Å². The molecule has 0 saturated carbocycles. The largest absolute Gasteiger partial charge is 0.390 e. The Morgan fingerprint density at radius 3 is 2.92 bits per heavy atom. The number of benzene rings is 1. The summed E-state index contributed by atoms with van der Waals surface area (Å²) in [4.78, 5) is 0. The zero-order valence-electron chi connectivity index (χ0n) is 6.70. The first-order valence-corrected chi connectivity index (χ1v) is 4.19. The Bertz CT molecular complexity index is 285. The molecule has 0 aliphatic heterocycles. The third-order valence-corrected chi connectivity index (χ3v) is 2.40. The van der Waals surface area contributed by atoms with Gasteiger partial charge in [-0.1, -0.05) is 24.3 Å². The van der Waals surface area contributed by atoms with Crippen LogP contribution in [0.3, 0.4) is 0 Å². The molecule has 0 heterocycles. The minimum atomic E-state index is -1.19. The highest BCUT2D eigenvalue weighted by Gasteiger charge is 2.26. The summed E-state index contributed by atoms with van der Waals surface area (Å²) in [5.74, 6) is 0.